The van der Waals surface area contributed by atoms with E-state index in [0.717, 1.165) is 24.5 Å². The first-order chi connectivity index (χ1) is 12.1. The molecule has 25 heavy (non-hydrogen) atoms. The van der Waals surface area contributed by atoms with Crippen LogP contribution in [0.5, 0.6) is 0 Å². The molecule has 3 aromatic rings. The Hall–Kier alpha value is -2.96. The maximum absolute atomic E-state index is 12.3. The van der Waals surface area contributed by atoms with Crippen molar-refractivity contribution in [2.45, 2.75) is 20.8 Å². The molecular weight excluding hydrogens is 316 g/mol. The third kappa shape index (κ3) is 3.76. The fraction of sp³-hybridized carbons (Fsp3) is 0.333. The van der Waals surface area contributed by atoms with Gasteiger partial charge in [0.15, 0.2) is 0 Å². The fourth-order valence-electron chi connectivity index (χ4n) is 2.68. The summed E-state index contributed by atoms with van der Waals surface area (Å²) in [6, 6.07) is 10.2. The normalized spacial score (nSPS) is 10.8. The molecular formula is C18H22N6O. The number of nitrogens with zero attached hydrogens (tertiary/aromatic N) is 5. The van der Waals surface area contributed by atoms with Crippen LogP contribution in [0.15, 0.2) is 36.5 Å². The second kappa shape index (κ2) is 7.29. The van der Waals surface area contributed by atoms with Gasteiger partial charge in [0.05, 0.1) is 0 Å². The van der Waals surface area contributed by atoms with Crippen LogP contribution in [-0.2, 0) is 0 Å². The van der Waals surface area contributed by atoms with E-state index < -0.39 is 0 Å². The molecule has 0 unspecified atom stereocenters. The number of carbonyl (C=O) groups excluding carboxylic acids is 1. The van der Waals surface area contributed by atoms with Gasteiger partial charge in [-0.05, 0) is 44.5 Å². The van der Waals surface area contributed by atoms with Crippen LogP contribution in [-0.4, -0.2) is 45.1 Å². The number of fused-ring (bicyclic) bond motifs is 1. The summed E-state index contributed by atoms with van der Waals surface area (Å²) < 4.78 is 1.57. The van der Waals surface area contributed by atoms with Crippen LogP contribution >= 0.6 is 0 Å². The lowest BCUT2D eigenvalue weighted by Gasteiger charge is -2.23. The number of benzene rings is 1. The summed E-state index contributed by atoms with van der Waals surface area (Å²) in [6.45, 7) is 8.17. The first-order valence-corrected chi connectivity index (χ1v) is 8.36. The van der Waals surface area contributed by atoms with Gasteiger partial charge in [0.1, 0.15) is 0 Å². The minimum absolute atomic E-state index is 0.139. The lowest BCUT2D eigenvalue weighted by atomic mass is 10.2. The number of carbonyl (C=O) groups is 1. The number of likely N-dealkylation sites (N-methyl/N-ethyl adjacent to an activating group) is 1. The van der Waals surface area contributed by atoms with Crippen LogP contribution < -0.4 is 10.2 Å². The number of rotatable bonds is 6. The van der Waals surface area contributed by atoms with Crippen molar-refractivity contribution in [1.82, 2.24) is 24.9 Å². The Bertz CT molecular complexity index is 888. The highest BCUT2D eigenvalue weighted by Crippen LogP contribution is 2.15. The van der Waals surface area contributed by atoms with Crippen molar-refractivity contribution in [2.75, 3.05) is 24.5 Å². The second-order valence-corrected chi connectivity index (χ2v) is 5.91. The number of hydrogen-bond donors (Lipinski definition) is 1. The Morgan fingerprint density at radius 3 is 2.84 bits per heavy atom. The standard InChI is InChI=1S/C18H22N6O/c1-4-23(15-7-5-6-13(2)12-15)11-10-19-17(25)16-21-18-20-9-8-14(3)24(18)22-16/h5-9,12H,4,10-11H2,1-3H3,(H,19,25). The molecule has 2 heterocycles. The van der Waals surface area contributed by atoms with E-state index >= 15 is 0 Å². The molecule has 2 aromatic heterocycles. The number of hydrogen-bond acceptors (Lipinski definition) is 5. The molecule has 1 aromatic carbocycles. The summed E-state index contributed by atoms with van der Waals surface area (Å²) in [7, 11) is 0. The van der Waals surface area contributed by atoms with Crippen molar-refractivity contribution in [3.05, 3.63) is 53.6 Å². The van der Waals surface area contributed by atoms with Gasteiger partial charge in [-0.15, -0.1) is 5.10 Å². The Balaban J connectivity index is 1.62. The predicted octanol–water partition coefficient (Wildman–Crippen LogP) is 2.00. The van der Waals surface area contributed by atoms with Crippen LogP contribution in [0.4, 0.5) is 5.69 Å². The van der Waals surface area contributed by atoms with Gasteiger partial charge >= 0.3 is 0 Å². The third-order valence-electron chi connectivity index (χ3n) is 4.05. The maximum Gasteiger partial charge on any atom is 0.291 e. The van der Waals surface area contributed by atoms with Crippen molar-refractivity contribution < 1.29 is 4.79 Å². The van der Waals surface area contributed by atoms with Gasteiger partial charge in [-0.3, -0.25) is 4.79 Å². The monoisotopic (exact) mass is 338 g/mol. The molecule has 7 heteroatoms. The zero-order valence-corrected chi connectivity index (χ0v) is 14.7. The van der Waals surface area contributed by atoms with Crippen molar-refractivity contribution in [2.24, 2.45) is 0 Å². The zero-order valence-electron chi connectivity index (χ0n) is 14.7. The topological polar surface area (TPSA) is 75.4 Å². The van der Waals surface area contributed by atoms with E-state index in [1.165, 1.54) is 5.56 Å². The number of amides is 1. The maximum atomic E-state index is 12.3. The number of aryl methyl sites for hydroxylation is 2. The Morgan fingerprint density at radius 1 is 1.28 bits per heavy atom. The average Bonchev–Trinajstić information content (AvgIpc) is 3.04. The minimum Gasteiger partial charge on any atom is -0.370 e. The quantitative estimate of drug-likeness (QED) is 0.744. The smallest absolute Gasteiger partial charge is 0.291 e. The first kappa shape index (κ1) is 16.9. The Labute approximate surface area is 146 Å². The summed E-state index contributed by atoms with van der Waals surface area (Å²) >= 11 is 0. The third-order valence-corrected chi connectivity index (χ3v) is 4.05. The van der Waals surface area contributed by atoms with Crippen LogP contribution in [0.3, 0.4) is 0 Å². The van der Waals surface area contributed by atoms with Crippen molar-refractivity contribution in [3.63, 3.8) is 0 Å². The number of anilines is 1. The second-order valence-electron chi connectivity index (χ2n) is 5.91. The lowest BCUT2D eigenvalue weighted by molar-refractivity contribution is 0.0944. The number of aromatic nitrogens is 4. The molecule has 0 aliphatic heterocycles. The minimum atomic E-state index is -0.287. The zero-order chi connectivity index (χ0) is 17.8. The highest BCUT2D eigenvalue weighted by Gasteiger charge is 2.14. The highest BCUT2D eigenvalue weighted by atomic mass is 16.2. The van der Waals surface area contributed by atoms with Gasteiger partial charge in [0.2, 0.25) is 5.82 Å². The largest absolute Gasteiger partial charge is 0.370 e. The van der Waals surface area contributed by atoms with E-state index in [2.05, 4.69) is 57.3 Å². The average molecular weight is 338 g/mol. The predicted molar refractivity (Wildman–Crippen MR) is 96.9 cm³/mol. The van der Waals surface area contributed by atoms with E-state index in [1.807, 2.05) is 19.1 Å². The summed E-state index contributed by atoms with van der Waals surface area (Å²) in [6.07, 6.45) is 1.65. The number of nitrogens with one attached hydrogen (secondary N) is 1. The Morgan fingerprint density at radius 2 is 2.12 bits per heavy atom. The molecule has 0 spiro atoms. The van der Waals surface area contributed by atoms with Gasteiger partial charge in [0, 0.05) is 37.2 Å². The van der Waals surface area contributed by atoms with E-state index in [-0.39, 0.29) is 11.7 Å². The van der Waals surface area contributed by atoms with E-state index in [9.17, 15) is 4.79 Å². The fourth-order valence-corrected chi connectivity index (χ4v) is 2.68. The van der Waals surface area contributed by atoms with E-state index in [0.29, 0.717) is 12.3 Å². The van der Waals surface area contributed by atoms with Crippen molar-refractivity contribution >= 4 is 17.4 Å². The van der Waals surface area contributed by atoms with Gasteiger partial charge in [0.25, 0.3) is 11.7 Å². The SMILES string of the molecule is CCN(CCNC(=O)c1nc2nccc(C)n2n1)c1cccc(C)c1. The van der Waals surface area contributed by atoms with Crippen LogP contribution in [0, 0.1) is 13.8 Å². The van der Waals surface area contributed by atoms with Gasteiger partial charge in [-0.2, -0.15) is 4.98 Å². The highest BCUT2D eigenvalue weighted by molar-refractivity contribution is 5.90. The molecule has 0 bridgehead atoms. The lowest BCUT2D eigenvalue weighted by Crippen LogP contribution is -2.35. The summed E-state index contributed by atoms with van der Waals surface area (Å²) in [5, 5.41) is 7.10. The van der Waals surface area contributed by atoms with Gasteiger partial charge in [-0.1, -0.05) is 12.1 Å². The van der Waals surface area contributed by atoms with Crippen LogP contribution in [0.2, 0.25) is 0 Å². The molecule has 0 radical (unpaired) electrons. The van der Waals surface area contributed by atoms with Gasteiger partial charge < -0.3 is 10.2 Å². The van der Waals surface area contributed by atoms with Crippen molar-refractivity contribution in [1.29, 1.82) is 0 Å². The first-order valence-electron chi connectivity index (χ1n) is 8.36. The summed E-state index contributed by atoms with van der Waals surface area (Å²) in [5.41, 5.74) is 3.26. The molecule has 7 nitrogen and oxygen atoms in total. The van der Waals surface area contributed by atoms with Gasteiger partial charge in [-0.25, -0.2) is 9.50 Å². The van der Waals surface area contributed by atoms with Crippen LogP contribution in [0.1, 0.15) is 28.8 Å². The molecule has 130 valence electrons. The summed E-state index contributed by atoms with van der Waals surface area (Å²) in [4.78, 5) is 22.8. The van der Waals surface area contributed by atoms with E-state index in [4.69, 9.17) is 0 Å². The molecule has 0 saturated heterocycles. The molecule has 1 amide bonds. The molecule has 0 saturated carbocycles. The Kier molecular flexibility index (Phi) is 4.92. The molecule has 0 aliphatic carbocycles. The molecule has 0 atom stereocenters. The molecule has 0 aliphatic rings. The molecule has 1 N–H and O–H groups in total. The van der Waals surface area contributed by atoms with Crippen LogP contribution in [0.25, 0.3) is 5.78 Å². The molecule has 3 rings (SSSR count). The summed E-state index contributed by atoms with van der Waals surface area (Å²) in [5.74, 6) is 0.283. The van der Waals surface area contributed by atoms with Crippen molar-refractivity contribution in [3.8, 4) is 0 Å². The van der Waals surface area contributed by atoms with E-state index in [1.54, 1.807) is 10.7 Å². The molecule has 0 fully saturated rings.